The number of ether oxygens (including phenoxy) is 3. The van der Waals surface area contributed by atoms with Crippen molar-refractivity contribution in [3.8, 4) is 11.1 Å². The lowest BCUT2D eigenvalue weighted by molar-refractivity contribution is -0.140. The zero-order chi connectivity index (χ0) is 20.3. The van der Waals surface area contributed by atoms with Gasteiger partial charge in [0.15, 0.2) is 0 Å². The third-order valence-corrected chi connectivity index (χ3v) is 4.55. The molecule has 0 saturated carbocycles. The van der Waals surface area contributed by atoms with Gasteiger partial charge in [-0.3, -0.25) is 0 Å². The predicted octanol–water partition coefficient (Wildman–Crippen LogP) is 3.36. The molecular formula is C22H23NO5. The molecule has 2 aromatic carbocycles. The van der Waals surface area contributed by atoms with E-state index in [2.05, 4.69) is 32.0 Å². The first-order valence-electron chi connectivity index (χ1n) is 8.88. The van der Waals surface area contributed by atoms with Gasteiger partial charge in [0.2, 0.25) is 0 Å². The van der Waals surface area contributed by atoms with Gasteiger partial charge in [-0.2, -0.15) is 0 Å². The van der Waals surface area contributed by atoms with E-state index in [-0.39, 0.29) is 24.6 Å². The van der Waals surface area contributed by atoms with Crippen molar-refractivity contribution in [1.29, 1.82) is 0 Å². The van der Waals surface area contributed by atoms with Crippen LogP contribution in [0.4, 0.5) is 5.69 Å². The highest BCUT2D eigenvalue weighted by atomic mass is 16.5. The molecule has 3 rings (SSSR count). The van der Waals surface area contributed by atoms with E-state index >= 15 is 0 Å². The maximum absolute atomic E-state index is 12.4. The Morgan fingerprint density at radius 1 is 0.929 bits per heavy atom. The fourth-order valence-electron chi connectivity index (χ4n) is 3.34. The van der Waals surface area contributed by atoms with Crippen LogP contribution in [0, 0.1) is 13.8 Å². The van der Waals surface area contributed by atoms with Crippen molar-refractivity contribution in [3.63, 3.8) is 0 Å². The Morgan fingerprint density at radius 3 is 2.25 bits per heavy atom. The Hall–Kier alpha value is -3.12. The fourth-order valence-corrected chi connectivity index (χ4v) is 3.34. The molecule has 0 radical (unpaired) electrons. The van der Waals surface area contributed by atoms with Crippen LogP contribution in [0.5, 0.6) is 0 Å². The number of hydrogen-bond acceptors (Lipinski definition) is 6. The maximum atomic E-state index is 12.4. The van der Waals surface area contributed by atoms with Crippen LogP contribution in [0.3, 0.4) is 0 Å². The van der Waals surface area contributed by atoms with Crippen molar-refractivity contribution in [3.05, 3.63) is 64.9 Å². The number of hydrogen-bond donors (Lipinski definition) is 0. The molecule has 2 aromatic rings. The minimum atomic E-state index is -0.615. The Morgan fingerprint density at radius 2 is 1.61 bits per heavy atom. The Kier molecular flexibility index (Phi) is 5.80. The van der Waals surface area contributed by atoms with Crippen LogP contribution in [-0.4, -0.2) is 39.5 Å². The van der Waals surface area contributed by atoms with Crippen LogP contribution in [0.25, 0.3) is 11.1 Å². The number of aryl methyl sites for hydroxylation is 2. The fraction of sp³-hybridized carbons (Fsp3) is 0.273. The van der Waals surface area contributed by atoms with Gasteiger partial charge in [0.1, 0.15) is 12.4 Å². The molecule has 0 amide bonds. The third kappa shape index (κ3) is 3.92. The van der Waals surface area contributed by atoms with E-state index in [0.717, 1.165) is 16.8 Å². The minimum absolute atomic E-state index is 0.00955. The highest BCUT2D eigenvalue weighted by molar-refractivity contribution is 6.03. The number of carbonyl (C=O) groups excluding carboxylic acids is 2. The largest absolute Gasteiger partial charge is 0.466 e. The van der Waals surface area contributed by atoms with Crippen molar-refractivity contribution in [2.75, 3.05) is 32.5 Å². The van der Waals surface area contributed by atoms with Gasteiger partial charge in [0.25, 0.3) is 0 Å². The molecule has 0 atom stereocenters. The van der Waals surface area contributed by atoms with Crippen molar-refractivity contribution >= 4 is 17.6 Å². The lowest BCUT2D eigenvalue weighted by Crippen LogP contribution is -2.38. The van der Waals surface area contributed by atoms with Gasteiger partial charge in [-0.15, -0.1) is 0 Å². The van der Waals surface area contributed by atoms with Crippen LogP contribution in [0.15, 0.2) is 53.7 Å². The van der Waals surface area contributed by atoms with Gasteiger partial charge in [-0.1, -0.05) is 41.5 Å². The molecular weight excluding hydrogens is 358 g/mol. The summed E-state index contributed by atoms with van der Waals surface area (Å²) in [6, 6.07) is 14.1. The smallest absolute Gasteiger partial charge is 0.355 e. The molecule has 0 fully saturated rings. The first kappa shape index (κ1) is 19.6. The number of carbonyl (C=O) groups is 2. The zero-order valence-electron chi connectivity index (χ0n) is 16.4. The summed E-state index contributed by atoms with van der Waals surface area (Å²) in [6.07, 6.45) is 0. The Balaban J connectivity index is 2.09. The highest BCUT2D eigenvalue weighted by Gasteiger charge is 2.32. The lowest BCUT2D eigenvalue weighted by atomic mass is 10.00. The van der Waals surface area contributed by atoms with E-state index in [1.165, 1.54) is 25.3 Å². The number of rotatable bonds is 4. The molecule has 1 heterocycles. The summed E-state index contributed by atoms with van der Waals surface area (Å²) in [5.41, 5.74) is 5.41. The monoisotopic (exact) mass is 381 g/mol. The van der Waals surface area contributed by atoms with Crippen LogP contribution in [0.1, 0.15) is 11.1 Å². The van der Waals surface area contributed by atoms with Gasteiger partial charge in [0, 0.05) is 5.69 Å². The molecule has 6 heteroatoms. The van der Waals surface area contributed by atoms with E-state index in [1.54, 1.807) is 4.90 Å². The summed E-state index contributed by atoms with van der Waals surface area (Å²) in [6.45, 7) is 4.23. The van der Waals surface area contributed by atoms with E-state index in [4.69, 9.17) is 14.2 Å². The molecule has 0 aromatic heterocycles. The summed E-state index contributed by atoms with van der Waals surface area (Å²) in [7, 11) is 2.55. The summed E-state index contributed by atoms with van der Waals surface area (Å²) in [5.74, 6) is -1.23. The Bertz CT molecular complexity index is 927. The molecule has 1 aliphatic rings. The number of nitrogens with zero attached hydrogens (tertiary/aromatic N) is 1. The first-order chi connectivity index (χ1) is 13.4. The van der Waals surface area contributed by atoms with Gasteiger partial charge >= 0.3 is 11.9 Å². The van der Waals surface area contributed by atoms with Gasteiger partial charge < -0.3 is 19.1 Å². The van der Waals surface area contributed by atoms with Crippen molar-refractivity contribution in [2.45, 2.75) is 13.8 Å². The summed E-state index contributed by atoms with van der Waals surface area (Å²) in [4.78, 5) is 26.2. The number of benzene rings is 2. The summed E-state index contributed by atoms with van der Waals surface area (Å²) in [5, 5.41) is 0. The van der Waals surface area contributed by atoms with Crippen molar-refractivity contribution in [1.82, 2.24) is 0 Å². The van der Waals surface area contributed by atoms with Crippen LogP contribution in [0.2, 0.25) is 0 Å². The first-order valence-corrected chi connectivity index (χ1v) is 8.88. The van der Waals surface area contributed by atoms with E-state index in [1.807, 2.05) is 24.3 Å². The molecule has 6 nitrogen and oxygen atoms in total. The molecule has 0 N–H and O–H groups in total. The van der Waals surface area contributed by atoms with E-state index in [9.17, 15) is 9.59 Å². The molecule has 0 saturated heterocycles. The van der Waals surface area contributed by atoms with Gasteiger partial charge in [-0.25, -0.2) is 9.59 Å². The maximum Gasteiger partial charge on any atom is 0.355 e. The molecule has 0 unspecified atom stereocenters. The number of esters is 2. The van der Waals surface area contributed by atoms with Crippen LogP contribution < -0.4 is 4.90 Å². The third-order valence-electron chi connectivity index (χ3n) is 4.55. The standard InChI is InChI=1S/C22H23NO5/c1-14-8-15(2)10-17(9-14)16-6-5-7-18(11-16)23-13-28-12-19(21(24)26-3)20(23)22(25)27-4/h5-11H,12-13H2,1-4H3. The second-order valence-electron chi connectivity index (χ2n) is 6.64. The van der Waals surface area contributed by atoms with Gasteiger partial charge in [0.05, 0.1) is 26.4 Å². The molecule has 0 aliphatic carbocycles. The van der Waals surface area contributed by atoms with E-state index in [0.29, 0.717) is 0 Å². The summed E-state index contributed by atoms with van der Waals surface area (Å²) < 4.78 is 15.3. The highest BCUT2D eigenvalue weighted by Crippen LogP contribution is 2.31. The molecule has 0 spiro atoms. The molecule has 146 valence electrons. The average molecular weight is 381 g/mol. The average Bonchev–Trinajstić information content (AvgIpc) is 2.71. The quantitative estimate of drug-likeness (QED) is 0.757. The topological polar surface area (TPSA) is 65.1 Å². The summed E-state index contributed by atoms with van der Waals surface area (Å²) >= 11 is 0. The number of methoxy groups -OCH3 is 2. The molecule has 0 bridgehead atoms. The minimum Gasteiger partial charge on any atom is -0.466 e. The Labute approximate surface area is 164 Å². The van der Waals surface area contributed by atoms with Crippen molar-refractivity contribution in [2.24, 2.45) is 0 Å². The van der Waals surface area contributed by atoms with Crippen LogP contribution >= 0.6 is 0 Å². The second kappa shape index (κ2) is 8.27. The normalized spacial score (nSPS) is 14.1. The predicted molar refractivity (Wildman–Crippen MR) is 106 cm³/mol. The molecule has 28 heavy (non-hydrogen) atoms. The van der Waals surface area contributed by atoms with Crippen molar-refractivity contribution < 1.29 is 23.8 Å². The van der Waals surface area contributed by atoms with Gasteiger partial charge in [-0.05, 0) is 37.1 Å². The number of anilines is 1. The lowest BCUT2D eigenvalue weighted by Gasteiger charge is -2.31. The van der Waals surface area contributed by atoms with Crippen LogP contribution in [-0.2, 0) is 23.8 Å². The van der Waals surface area contributed by atoms with E-state index < -0.39 is 11.9 Å². The second-order valence-corrected chi connectivity index (χ2v) is 6.64. The SMILES string of the molecule is COC(=O)C1=C(C(=O)OC)N(c2cccc(-c3cc(C)cc(C)c3)c2)COC1. The zero-order valence-corrected chi connectivity index (χ0v) is 16.4. The molecule has 1 aliphatic heterocycles.